The number of aryl methyl sites for hydroxylation is 1. The summed E-state index contributed by atoms with van der Waals surface area (Å²) in [6.45, 7) is 5.05. The number of nitrogens with two attached hydrogens (primary N) is 1. The number of rotatable bonds is 3. The van der Waals surface area contributed by atoms with E-state index < -0.39 is 0 Å². The molecule has 2 N–H and O–H groups in total. The van der Waals surface area contributed by atoms with Crippen molar-refractivity contribution in [2.75, 3.05) is 12.3 Å². The van der Waals surface area contributed by atoms with Crippen molar-refractivity contribution in [3.8, 4) is 11.3 Å². The Kier molecular flexibility index (Phi) is 4.87. The summed E-state index contributed by atoms with van der Waals surface area (Å²) in [4.78, 5) is 21.5. The largest absolute Gasteiger partial charge is 0.397 e. The summed E-state index contributed by atoms with van der Waals surface area (Å²) in [6.07, 6.45) is 4.35. The van der Waals surface area contributed by atoms with Crippen molar-refractivity contribution in [3.05, 3.63) is 46.8 Å². The monoisotopic (exact) mass is 379 g/mol. The summed E-state index contributed by atoms with van der Waals surface area (Å²) in [7, 11) is 0. The summed E-state index contributed by atoms with van der Waals surface area (Å²) >= 11 is 1.42. The highest BCUT2D eigenvalue weighted by Crippen LogP contribution is 2.36. The van der Waals surface area contributed by atoms with Crippen molar-refractivity contribution < 1.29 is 4.79 Å². The SMILES string of the molecule is CCC1CCCCN1C(=O)c1sc2nc(-c3ccc(C)cc3)ccc2c1N. The molecule has 1 aromatic carbocycles. The number of benzene rings is 1. The zero-order chi connectivity index (χ0) is 19.0. The lowest BCUT2D eigenvalue weighted by molar-refractivity contribution is 0.0614. The number of anilines is 1. The number of amides is 1. The molecule has 1 amide bonds. The molecule has 1 fully saturated rings. The Morgan fingerprint density at radius 2 is 2.00 bits per heavy atom. The Balaban J connectivity index is 1.71. The van der Waals surface area contributed by atoms with Gasteiger partial charge in [0, 0.05) is 23.5 Å². The summed E-state index contributed by atoms with van der Waals surface area (Å²) in [5.74, 6) is 0.0685. The molecule has 0 aliphatic carbocycles. The van der Waals surface area contributed by atoms with Crippen LogP contribution in [-0.4, -0.2) is 28.4 Å². The van der Waals surface area contributed by atoms with Crippen molar-refractivity contribution in [1.82, 2.24) is 9.88 Å². The fraction of sp³-hybridized carbons (Fsp3) is 0.364. The molecule has 1 unspecified atom stereocenters. The van der Waals surface area contributed by atoms with Crippen LogP contribution in [0.15, 0.2) is 36.4 Å². The second-order valence-corrected chi connectivity index (χ2v) is 8.32. The van der Waals surface area contributed by atoms with Gasteiger partial charge < -0.3 is 10.6 Å². The molecule has 4 nitrogen and oxygen atoms in total. The first-order valence-electron chi connectivity index (χ1n) is 9.65. The maximum absolute atomic E-state index is 13.2. The third-order valence-electron chi connectivity index (χ3n) is 5.49. The lowest BCUT2D eigenvalue weighted by Gasteiger charge is -2.35. The van der Waals surface area contributed by atoms with Gasteiger partial charge in [0.1, 0.15) is 9.71 Å². The number of nitrogen functional groups attached to an aromatic ring is 1. The van der Waals surface area contributed by atoms with Crippen molar-refractivity contribution >= 4 is 33.1 Å². The molecular formula is C22H25N3OS. The van der Waals surface area contributed by atoms with Crippen LogP contribution in [0, 0.1) is 6.92 Å². The van der Waals surface area contributed by atoms with E-state index in [-0.39, 0.29) is 5.91 Å². The average Bonchev–Trinajstić information content (AvgIpc) is 3.04. The van der Waals surface area contributed by atoms with Crippen LogP contribution in [0.1, 0.15) is 47.8 Å². The van der Waals surface area contributed by atoms with Gasteiger partial charge in [0.15, 0.2) is 0 Å². The van der Waals surface area contributed by atoms with Crippen LogP contribution in [0.3, 0.4) is 0 Å². The van der Waals surface area contributed by atoms with E-state index >= 15 is 0 Å². The maximum atomic E-state index is 13.2. The van der Waals surface area contributed by atoms with E-state index in [0.717, 1.165) is 47.3 Å². The molecule has 140 valence electrons. The minimum absolute atomic E-state index is 0.0685. The van der Waals surface area contributed by atoms with Gasteiger partial charge in [0.05, 0.1) is 11.4 Å². The molecule has 0 radical (unpaired) electrons. The molecule has 1 aliphatic heterocycles. The van der Waals surface area contributed by atoms with E-state index in [1.54, 1.807) is 0 Å². The number of hydrogen-bond acceptors (Lipinski definition) is 4. The molecule has 5 heteroatoms. The first-order chi connectivity index (χ1) is 13.1. The molecule has 1 atom stereocenters. The Hall–Kier alpha value is -2.40. The highest BCUT2D eigenvalue weighted by molar-refractivity contribution is 7.21. The van der Waals surface area contributed by atoms with Gasteiger partial charge in [-0.05, 0) is 44.7 Å². The van der Waals surface area contributed by atoms with Gasteiger partial charge in [0.2, 0.25) is 0 Å². The van der Waals surface area contributed by atoms with Gasteiger partial charge in [-0.2, -0.15) is 0 Å². The number of carbonyl (C=O) groups excluding carboxylic acids is 1. The smallest absolute Gasteiger partial charge is 0.266 e. The third-order valence-corrected chi connectivity index (χ3v) is 6.60. The topological polar surface area (TPSA) is 59.2 Å². The number of fused-ring (bicyclic) bond motifs is 1. The second kappa shape index (κ2) is 7.31. The third kappa shape index (κ3) is 3.32. The van der Waals surface area contributed by atoms with Crippen LogP contribution >= 0.6 is 11.3 Å². The molecule has 27 heavy (non-hydrogen) atoms. The van der Waals surface area contributed by atoms with Crippen LogP contribution in [0.4, 0.5) is 5.69 Å². The van der Waals surface area contributed by atoms with Crippen LogP contribution in [0.25, 0.3) is 21.5 Å². The lowest BCUT2D eigenvalue weighted by Crippen LogP contribution is -2.43. The van der Waals surface area contributed by atoms with Crippen molar-refractivity contribution in [2.24, 2.45) is 0 Å². The van der Waals surface area contributed by atoms with Gasteiger partial charge in [-0.3, -0.25) is 4.79 Å². The summed E-state index contributed by atoms with van der Waals surface area (Å²) in [5.41, 5.74) is 10.1. The molecule has 3 aromatic rings. The summed E-state index contributed by atoms with van der Waals surface area (Å²) in [6, 6.07) is 12.6. The molecule has 2 aromatic heterocycles. The number of nitrogens with zero attached hydrogens (tertiary/aromatic N) is 2. The highest BCUT2D eigenvalue weighted by atomic mass is 32.1. The molecular weight excluding hydrogens is 354 g/mol. The lowest BCUT2D eigenvalue weighted by atomic mass is 9.99. The van der Waals surface area contributed by atoms with E-state index in [9.17, 15) is 4.79 Å². The first kappa shape index (κ1) is 18.0. The predicted molar refractivity (Wildman–Crippen MR) is 113 cm³/mol. The first-order valence-corrected chi connectivity index (χ1v) is 10.5. The molecule has 0 saturated carbocycles. The van der Waals surface area contributed by atoms with Gasteiger partial charge in [-0.25, -0.2) is 4.98 Å². The molecule has 0 bridgehead atoms. The highest BCUT2D eigenvalue weighted by Gasteiger charge is 2.29. The zero-order valence-electron chi connectivity index (χ0n) is 15.9. The normalized spacial score (nSPS) is 17.4. The number of thiophene rings is 1. The quantitative estimate of drug-likeness (QED) is 0.675. The molecule has 0 spiro atoms. The number of carbonyl (C=O) groups is 1. The zero-order valence-corrected chi connectivity index (χ0v) is 16.7. The Labute approximate surface area is 164 Å². The van der Waals surface area contributed by atoms with Crippen molar-refractivity contribution in [1.29, 1.82) is 0 Å². The number of likely N-dealkylation sites (tertiary alicyclic amines) is 1. The van der Waals surface area contributed by atoms with E-state index in [0.29, 0.717) is 16.6 Å². The van der Waals surface area contributed by atoms with Crippen LogP contribution < -0.4 is 5.73 Å². The minimum atomic E-state index is 0.0685. The number of piperidine rings is 1. The summed E-state index contributed by atoms with van der Waals surface area (Å²) < 4.78 is 0. The molecule has 4 rings (SSSR count). The van der Waals surface area contributed by atoms with Gasteiger partial charge in [-0.15, -0.1) is 11.3 Å². The van der Waals surface area contributed by atoms with Gasteiger partial charge in [0.25, 0.3) is 5.91 Å². The van der Waals surface area contributed by atoms with Crippen LogP contribution in [0.5, 0.6) is 0 Å². The number of aromatic nitrogens is 1. The van der Waals surface area contributed by atoms with Crippen molar-refractivity contribution in [2.45, 2.75) is 45.6 Å². The van der Waals surface area contributed by atoms with Gasteiger partial charge >= 0.3 is 0 Å². The standard InChI is InChI=1S/C22H25N3OS/c1-3-16-6-4-5-13-25(16)22(26)20-19(23)17-11-12-18(24-21(17)27-20)15-9-7-14(2)8-10-15/h7-12,16H,3-6,13,23H2,1-2H3. The van der Waals surface area contributed by atoms with Crippen LogP contribution in [-0.2, 0) is 0 Å². The van der Waals surface area contributed by atoms with E-state index in [2.05, 4.69) is 38.1 Å². The molecule has 1 aliphatic rings. The molecule has 1 saturated heterocycles. The maximum Gasteiger partial charge on any atom is 0.266 e. The molecule has 3 heterocycles. The van der Waals surface area contributed by atoms with E-state index in [1.165, 1.54) is 23.3 Å². The Morgan fingerprint density at radius 1 is 1.22 bits per heavy atom. The minimum Gasteiger partial charge on any atom is -0.397 e. The second-order valence-electron chi connectivity index (χ2n) is 7.32. The average molecular weight is 380 g/mol. The van der Waals surface area contributed by atoms with E-state index in [4.69, 9.17) is 10.7 Å². The Morgan fingerprint density at radius 3 is 2.74 bits per heavy atom. The predicted octanol–water partition coefficient (Wildman–Crippen LogP) is 5.26. The fourth-order valence-corrected chi connectivity index (χ4v) is 4.91. The van der Waals surface area contributed by atoms with Gasteiger partial charge in [-0.1, -0.05) is 36.8 Å². The van der Waals surface area contributed by atoms with Crippen LogP contribution in [0.2, 0.25) is 0 Å². The van der Waals surface area contributed by atoms with Crippen molar-refractivity contribution in [3.63, 3.8) is 0 Å². The fourth-order valence-electron chi connectivity index (χ4n) is 3.86. The number of pyridine rings is 1. The van der Waals surface area contributed by atoms with E-state index in [1.807, 2.05) is 17.0 Å². The Bertz CT molecular complexity index is 977. The summed E-state index contributed by atoms with van der Waals surface area (Å²) in [5, 5.41) is 0.879. The number of hydrogen-bond donors (Lipinski definition) is 1.